The van der Waals surface area contributed by atoms with Gasteiger partial charge < -0.3 is 9.64 Å². The number of anilines is 3. The van der Waals surface area contributed by atoms with Crippen LogP contribution in [0.3, 0.4) is 0 Å². The maximum absolute atomic E-state index is 6.75. The molecule has 0 amide bonds. The molecule has 0 fully saturated rings. The minimum atomic E-state index is -0.520. The molecule has 0 saturated heterocycles. The van der Waals surface area contributed by atoms with E-state index in [4.69, 9.17) is 4.74 Å². The number of ether oxygens (including phenoxy) is 1. The zero-order valence-electron chi connectivity index (χ0n) is 35.3. The predicted molar refractivity (Wildman–Crippen MR) is 252 cm³/mol. The fourth-order valence-electron chi connectivity index (χ4n) is 11.2. The van der Waals surface area contributed by atoms with E-state index in [1.807, 2.05) is 0 Å². The van der Waals surface area contributed by atoms with E-state index in [1.54, 1.807) is 0 Å². The quantitative estimate of drug-likeness (QED) is 0.135. The maximum atomic E-state index is 6.75. The summed E-state index contributed by atoms with van der Waals surface area (Å²) in [6.45, 7) is 8.78. The summed E-state index contributed by atoms with van der Waals surface area (Å²) in [6.07, 6.45) is 3.50. The van der Waals surface area contributed by atoms with Crippen LogP contribution in [0.5, 0.6) is 0 Å². The first-order chi connectivity index (χ1) is 29.9. The van der Waals surface area contributed by atoms with Crippen molar-refractivity contribution in [1.29, 1.82) is 0 Å². The third kappa shape index (κ3) is 5.59. The Morgan fingerprint density at radius 1 is 0.443 bits per heavy atom. The second-order valence-corrected chi connectivity index (χ2v) is 17.4. The van der Waals surface area contributed by atoms with Gasteiger partial charge in [0.05, 0.1) is 23.0 Å². The van der Waals surface area contributed by atoms with Crippen molar-refractivity contribution in [3.8, 4) is 22.3 Å². The van der Waals surface area contributed by atoms with E-state index in [2.05, 4.69) is 233 Å². The molecule has 0 aromatic heterocycles. The standard InChI is InChI=1S/C59H49NO/c1-39(2)61-57-33-32-54(57)59(44-35-40(3)34-41(4)36-44)53-27-17-15-25-49(53)51-31-29-47(38-56(51)59)60(45-22-12-7-13-23-45)46-28-30-50-48-24-14-16-26-52(48)58(55(50)37-46,42-18-8-5-9-19-42)43-20-10-6-11-21-43/h5-32,34-39,57H,33H2,1-4H3/t57-,59?/m1/s1. The average Bonchev–Trinajstić information content (AvgIpc) is 3.74. The second kappa shape index (κ2) is 14.5. The largest absolute Gasteiger partial charge is 0.371 e. The smallest absolute Gasteiger partial charge is 0.0838 e. The van der Waals surface area contributed by atoms with Crippen LogP contribution in [0, 0.1) is 13.8 Å². The Morgan fingerprint density at radius 3 is 1.41 bits per heavy atom. The topological polar surface area (TPSA) is 12.5 Å². The second-order valence-electron chi connectivity index (χ2n) is 17.4. The minimum Gasteiger partial charge on any atom is -0.371 e. The lowest BCUT2D eigenvalue weighted by molar-refractivity contribution is 0.0151. The fourth-order valence-corrected chi connectivity index (χ4v) is 11.2. The molecule has 2 nitrogen and oxygen atoms in total. The number of hydrogen-bond donors (Lipinski definition) is 0. The van der Waals surface area contributed by atoms with Crippen LogP contribution >= 0.6 is 0 Å². The van der Waals surface area contributed by atoms with Gasteiger partial charge in [-0.3, -0.25) is 0 Å². The molecular weight excluding hydrogens is 739 g/mol. The molecule has 0 N–H and O–H groups in total. The predicted octanol–water partition coefficient (Wildman–Crippen LogP) is 14.6. The first-order valence-corrected chi connectivity index (χ1v) is 21.8. The van der Waals surface area contributed by atoms with Crippen LogP contribution in [0.4, 0.5) is 17.1 Å². The van der Waals surface area contributed by atoms with Gasteiger partial charge in [-0.15, -0.1) is 0 Å². The number of rotatable bonds is 9. The summed E-state index contributed by atoms with van der Waals surface area (Å²) in [5.41, 5.74) is 20.4. The van der Waals surface area contributed by atoms with Crippen molar-refractivity contribution in [3.05, 3.63) is 256 Å². The Balaban J connectivity index is 1.18. The SMILES string of the molecule is Cc1cc(C)cc(C2(C3=CC[C@H]3OC(C)C)c3ccccc3-c3ccc(N(c4ccccc4)c4ccc5c(c4)C(c4ccccc4)(c4ccccc4)c4ccccc4-5)cc32)c1. The van der Waals surface area contributed by atoms with Gasteiger partial charge in [-0.1, -0.05) is 175 Å². The number of nitrogens with zero attached hydrogens (tertiary/aromatic N) is 1. The molecule has 0 saturated carbocycles. The molecule has 8 aromatic rings. The molecule has 296 valence electrons. The van der Waals surface area contributed by atoms with Gasteiger partial charge in [0.25, 0.3) is 0 Å². The van der Waals surface area contributed by atoms with Crippen molar-refractivity contribution in [1.82, 2.24) is 0 Å². The molecule has 8 aromatic carbocycles. The van der Waals surface area contributed by atoms with Gasteiger partial charge in [-0.2, -0.15) is 0 Å². The zero-order chi connectivity index (χ0) is 41.3. The number of benzene rings is 8. The van der Waals surface area contributed by atoms with Crippen LogP contribution in [0.15, 0.2) is 206 Å². The van der Waals surface area contributed by atoms with Crippen molar-refractivity contribution < 1.29 is 4.74 Å². The van der Waals surface area contributed by atoms with Crippen molar-refractivity contribution in [2.75, 3.05) is 4.90 Å². The summed E-state index contributed by atoms with van der Waals surface area (Å²) in [5, 5.41) is 0. The van der Waals surface area contributed by atoms with Crippen LogP contribution in [-0.4, -0.2) is 12.2 Å². The Bertz CT molecular complexity index is 2920. The van der Waals surface area contributed by atoms with Gasteiger partial charge in [-0.05, 0) is 137 Å². The summed E-state index contributed by atoms with van der Waals surface area (Å²) in [4.78, 5) is 2.47. The average molecular weight is 788 g/mol. The van der Waals surface area contributed by atoms with Crippen LogP contribution < -0.4 is 4.90 Å². The van der Waals surface area contributed by atoms with E-state index in [0.717, 1.165) is 23.5 Å². The van der Waals surface area contributed by atoms with Gasteiger partial charge >= 0.3 is 0 Å². The molecule has 1 unspecified atom stereocenters. The van der Waals surface area contributed by atoms with Crippen LogP contribution in [0.1, 0.15) is 70.3 Å². The molecule has 0 spiro atoms. The van der Waals surface area contributed by atoms with Crippen molar-refractivity contribution in [3.63, 3.8) is 0 Å². The molecule has 11 rings (SSSR count). The molecule has 2 heteroatoms. The van der Waals surface area contributed by atoms with Gasteiger partial charge in [-0.25, -0.2) is 0 Å². The summed E-state index contributed by atoms with van der Waals surface area (Å²) in [7, 11) is 0. The lowest BCUT2D eigenvalue weighted by Crippen LogP contribution is -2.41. The highest BCUT2D eigenvalue weighted by atomic mass is 16.5. The number of aryl methyl sites for hydroxylation is 2. The van der Waals surface area contributed by atoms with E-state index >= 15 is 0 Å². The Kier molecular flexibility index (Phi) is 8.84. The number of fused-ring (bicyclic) bond motifs is 6. The highest BCUT2D eigenvalue weighted by Gasteiger charge is 2.52. The third-order valence-corrected chi connectivity index (χ3v) is 13.4. The van der Waals surface area contributed by atoms with Gasteiger partial charge in [0.2, 0.25) is 0 Å². The molecular formula is C59H49NO. The van der Waals surface area contributed by atoms with E-state index < -0.39 is 10.8 Å². The lowest BCUT2D eigenvalue weighted by Gasteiger charge is -2.44. The summed E-state index contributed by atoms with van der Waals surface area (Å²) in [6, 6.07) is 72.7. The highest BCUT2D eigenvalue weighted by Crippen LogP contribution is 2.61. The van der Waals surface area contributed by atoms with E-state index in [0.29, 0.717) is 0 Å². The summed E-state index contributed by atoms with van der Waals surface area (Å²) < 4.78 is 6.75. The van der Waals surface area contributed by atoms with Gasteiger partial charge in [0, 0.05) is 17.1 Å². The van der Waals surface area contributed by atoms with E-state index in [1.165, 1.54) is 77.9 Å². The molecule has 0 radical (unpaired) electrons. The summed E-state index contributed by atoms with van der Waals surface area (Å²) in [5.74, 6) is 0. The maximum Gasteiger partial charge on any atom is 0.0838 e. The Hall–Kier alpha value is -6.74. The molecule has 3 aliphatic rings. The molecule has 0 heterocycles. The van der Waals surface area contributed by atoms with Crippen molar-refractivity contribution >= 4 is 17.1 Å². The lowest BCUT2D eigenvalue weighted by atomic mass is 9.62. The monoisotopic (exact) mass is 787 g/mol. The Labute approximate surface area is 360 Å². The van der Waals surface area contributed by atoms with Crippen molar-refractivity contribution in [2.24, 2.45) is 0 Å². The van der Waals surface area contributed by atoms with E-state index in [9.17, 15) is 0 Å². The van der Waals surface area contributed by atoms with Gasteiger partial charge in [0.15, 0.2) is 0 Å². The first kappa shape index (κ1) is 37.3. The minimum absolute atomic E-state index is 0.0242. The van der Waals surface area contributed by atoms with Crippen LogP contribution in [-0.2, 0) is 15.6 Å². The molecule has 61 heavy (non-hydrogen) atoms. The highest BCUT2D eigenvalue weighted by molar-refractivity contribution is 5.92. The number of hydrogen-bond acceptors (Lipinski definition) is 2. The molecule has 3 aliphatic carbocycles. The van der Waals surface area contributed by atoms with E-state index in [-0.39, 0.29) is 12.2 Å². The van der Waals surface area contributed by atoms with Crippen LogP contribution in [0.2, 0.25) is 0 Å². The normalized spacial score (nSPS) is 17.8. The third-order valence-electron chi connectivity index (χ3n) is 13.4. The van der Waals surface area contributed by atoms with Gasteiger partial charge in [0.1, 0.15) is 0 Å². The Morgan fingerprint density at radius 2 is 0.902 bits per heavy atom. The number of para-hydroxylation sites is 1. The first-order valence-electron chi connectivity index (χ1n) is 21.8. The molecule has 0 bridgehead atoms. The molecule has 0 aliphatic heterocycles. The summed E-state index contributed by atoms with van der Waals surface area (Å²) >= 11 is 0. The zero-order valence-corrected chi connectivity index (χ0v) is 35.3. The fraction of sp³-hybridized carbons (Fsp3) is 0.153. The molecule has 2 atom stereocenters. The van der Waals surface area contributed by atoms with Crippen molar-refractivity contribution in [2.45, 2.75) is 57.2 Å². The van der Waals surface area contributed by atoms with Crippen LogP contribution in [0.25, 0.3) is 22.3 Å².